The monoisotopic (exact) mass is 470 g/mol. The van der Waals surface area contributed by atoms with Gasteiger partial charge in [-0.1, -0.05) is 37.3 Å². The Morgan fingerprint density at radius 1 is 1.08 bits per heavy atom. The summed E-state index contributed by atoms with van der Waals surface area (Å²) in [7, 11) is 0. The van der Waals surface area contributed by atoms with E-state index in [1.54, 1.807) is 23.0 Å². The van der Waals surface area contributed by atoms with E-state index in [0.29, 0.717) is 5.56 Å². The minimum Gasteiger partial charge on any atom is -0.293 e. The molecule has 3 atom stereocenters. The standard InChI is InChI=1S/C29H22N6O/c1-18-25-12-11-24-26(21-16-32-35(17-21)23-9-7-19(14-30)8-10-23)33-34-28(24)29(25,13-20(15-31)27(18)36)22-5-3-2-4-6-22/h2-10,13,16-18,25H,11-12H2,1H3,(H,33,34)/t18?,25?,29-/m1/s1. The van der Waals surface area contributed by atoms with Crippen molar-refractivity contribution >= 4 is 5.78 Å². The summed E-state index contributed by atoms with van der Waals surface area (Å²) in [5.74, 6) is -0.358. The fourth-order valence-corrected chi connectivity index (χ4v) is 5.96. The molecule has 7 heteroatoms. The zero-order valence-electron chi connectivity index (χ0n) is 19.6. The summed E-state index contributed by atoms with van der Waals surface area (Å²) in [4.78, 5) is 13.0. The van der Waals surface area contributed by atoms with Gasteiger partial charge in [-0.2, -0.15) is 20.7 Å². The number of H-pyrrole nitrogens is 1. The van der Waals surface area contributed by atoms with Crippen LogP contribution in [0.15, 0.2) is 78.6 Å². The Balaban J connectivity index is 1.50. The van der Waals surface area contributed by atoms with Gasteiger partial charge in [0.2, 0.25) is 0 Å². The molecule has 0 aliphatic heterocycles. The number of fused-ring (bicyclic) bond motifs is 3. The van der Waals surface area contributed by atoms with Crippen molar-refractivity contribution in [3.8, 4) is 29.1 Å². The molecule has 2 aliphatic carbocycles. The number of nitrogens with one attached hydrogen (secondary N) is 1. The van der Waals surface area contributed by atoms with E-state index in [9.17, 15) is 10.1 Å². The molecule has 2 heterocycles. The van der Waals surface area contributed by atoms with E-state index >= 15 is 0 Å². The van der Waals surface area contributed by atoms with Gasteiger partial charge in [0, 0.05) is 23.2 Å². The predicted octanol–water partition coefficient (Wildman–Crippen LogP) is 4.65. The third-order valence-corrected chi connectivity index (χ3v) is 7.71. The van der Waals surface area contributed by atoms with E-state index in [2.05, 4.69) is 34.5 Å². The van der Waals surface area contributed by atoms with Gasteiger partial charge in [-0.3, -0.25) is 9.89 Å². The summed E-state index contributed by atoms with van der Waals surface area (Å²) in [6.07, 6.45) is 7.19. The van der Waals surface area contributed by atoms with Crippen LogP contribution in [0.1, 0.15) is 35.7 Å². The van der Waals surface area contributed by atoms with Crippen LogP contribution in [-0.4, -0.2) is 25.8 Å². The number of hydrogen-bond acceptors (Lipinski definition) is 5. The third-order valence-electron chi connectivity index (χ3n) is 7.71. The maximum absolute atomic E-state index is 13.0. The molecule has 0 amide bonds. The van der Waals surface area contributed by atoms with Crippen molar-refractivity contribution in [1.82, 2.24) is 20.0 Å². The number of allylic oxidation sites excluding steroid dienone is 2. The quantitative estimate of drug-likeness (QED) is 0.468. The Morgan fingerprint density at radius 3 is 2.58 bits per heavy atom. The molecule has 0 spiro atoms. The van der Waals surface area contributed by atoms with Gasteiger partial charge in [-0.05, 0) is 54.7 Å². The number of aromatic amines is 1. The normalized spacial score (nSPS) is 22.6. The average Bonchev–Trinajstić information content (AvgIpc) is 3.59. The molecule has 2 aliphatic rings. The van der Waals surface area contributed by atoms with Crippen LogP contribution in [0.4, 0.5) is 0 Å². The minimum absolute atomic E-state index is 0.00882. The highest BCUT2D eigenvalue weighted by Crippen LogP contribution is 2.54. The lowest BCUT2D eigenvalue weighted by Gasteiger charge is -2.46. The first-order valence-electron chi connectivity index (χ1n) is 11.9. The number of nitrogens with zero attached hydrogens (tertiary/aromatic N) is 5. The molecule has 0 radical (unpaired) electrons. The number of Topliss-reactive ketones (excluding diaryl/α,β-unsaturated/α-hetero) is 1. The van der Waals surface area contributed by atoms with E-state index in [0.717, 1.165) is 46.6 Å². The number of carbonyl (C=O) groups is 1. The van der Waals surface area contributed by atoms with Gasteiger partial charge in [0.1, 0.15) is 6.07 Å². The molecule has 2 aromatic heterocycles. The van der Waals surface area contributed by atoms with Gasteiger partial charge in [0.15, 0.2) is 5.78 Å². The molecule has 6 rings (SSSR count). The second-order valence-corrected chi connectivity index (χ2v) is 9.46. The summed E-state index contributed by atoms with van der Waals surface area (Å²) in [6.45, 7) is 1.94. The number of carbonyl (C=O) groups excluding carboxylic acids is 1. The Labute approximate surface area is 208 Å². The van der Waals surface area contributed by atoms with Crippen LogP contribution in [0.5, 0.6) is 0 Å². The maximum atomic E-state index is 13.0. The first-order valence-corrected chi connectivity index (χ1v) is 11.9. The molecule has 1 N–H and O–H groups in total. The smallest absolute Gasteiger partial charge is 0.176 e. The molecule has 174 valence electrons. The van der Waals surface area contributed by atoms with Crippen molar-refractivity contribution in [1.29, 1.82) is 10.5 Å². The van der Waals surface area contributed by atoms with Crippen molar-refractivity contribution < 1.29 is 4.79 Å². The lowest BCUT2D eigenvalue weighted by atomic mass is 9.54. The lowest BCUT2D eigenvalue weighted by Crippen LogP contribution is -2.48. The summed E-state index contributed by atoms with van der Waals surface area (Å²) in [5, 5.41) is 31.5. The van der Waals surface area contributed by atoms with Gasteiger partial charge < -0.3 is 0 Å². The van der Waals surface area contributed by atoms with Crippen LogP contribution < -0.4 is 0 Å². The van der Waals surface area contributed by atoms with Crippen LogP contribution in [0, 0.1) is 34.5 Å². The SMILES string of the molecule is CC1C(=O)C(C#N)=C[C@]2(c3ccccc3)c3n[nH]c(-c4cnn(-c5ccc(C#N)cc5)c4)c3CCC12. The molecule has 0 bridgehead atoms. The average molecular weight is 471 g/mol. The van der Waals surface area contributed by atoms with Gasteiger partial charge in [-0.15, -0.1) is 0 Å². The Morgan fingerprint density at radius 2 is 1.86 bits per heavy atom. The highest BCUT2D eigenvalue weighted by Gasteiger charge is 2.53. The Kier molecular flexibility index (Phi) is 4.94. The number of hydrogen-bond donors (Lipinski definition) is 1. The predicted molar refractivity (Wildman–Crippen MR) is 133 cm³/mol. The molecule has 0 saturated heterocycles. The van der Waals surface area contributed by atoms with E-state index in [-0.39, 0.29) is 23.2 Å². The molecule has 0 fully saturated rings. The third kappa shape index (κ3) is 3.07. The van der Waals surface area contributed by atoms with Gasteiger partial charge in [0.05, 0.1) is 45.9 Å². The van der Waals surface area contributed by atoms with Gasteiger partial charge >= 0.3 is 0 Å². The molecule has 36 heavy (non-hydrogen) atoms. The first-order chi connectivity index (χ1) is 17.6. The highest BCUT2D eigenvalue weighted by molar-refractivity contribution is 6.02. The van der Waals surface area contributed by atoms with Crippen LogP contribution in [0.2, 0.25) is 0 Å². The van der Waals surface area contributed by atoms with Crippen LogP contribution in [-0.2, 0) is 16.6 Å². The van der Waals surface area contributed by atoms with E-state index in [1.165, 1.54) is 0 Å². The topological polar surface area (TPSA) is 111 Å². The fraction of sp³-hybridized carbons (Fsp3) is 0.207. The number of nitriles is 2. The Bertz CT molecular complexity index is 1600. The summed E-state index contributed by atoms with van der Waals surface area (Å²) in [5.41, 5.74) is 5.79. The van der Waals surface area contributed by atoms with Crippen molar-refractivity contribution in [2.24, 2.45) is 11.8 Å². The molecule has 2 unspecified atom stereocenters. The molecule has 2 aromatic carbocycles. The first kappa shape index (κ1) is 21.8. The van der Waals surface area contributed by atoms with Crippen molar-refractivity contribution in [2.75, 3.05) is 0 Å². The highest BCUT2D eigenvalue weighted by atomic mass is 16.1. The molecular weight excluding hydrogens is 448 g/mol. The van der Waals surface area contributed by atoms with Crippen LogP contribution in [0.3, 0.4) is 0 Å². The van der Waals surface area contributed by atoms with E-state index < -0.39 is 5.41 Å². The number of ketones is 1. The molecule has 4 aromatic rings. The second-order valence-electron chi connectivity index (χ2n) is 9.46. The van der Waals surface area contributed by atoms with E-state index in [4.69, 9.17) is 10.4 Å². The summed E-state index contributed by atoms with van der Waals surface area (Å²) >= 11 is 0. The Hall–Kier alpha value is -4.75. The minimum atomic E-state index is -0.662. The van der Waals surface area contributed by atoms with Crippen LogP contribution in [0.25, 0.3) is 16.9 Å². The molecule has 7 nitrogen and oxygen atoms in total. The van der Waals surface area contributed by atoms with Gasteiger partial charge in [0.25, 0.3) is 0 Å². The van der Waals surface area contributed by atoms with Crippen LogP contribution >= 0.6 is 0 Å². The van der Waals surface area contributed by atoms with E-state index in [1.807, 2.05) is 49.5 Å². The number of benzene rings is 2. The number of rotatable bonds is 3. The van der Waals surface area contributed by atoms with Crippen molar-refractivity contribution in [3.63, 3.8) is 0 Å². The van der Waals surface area contributed by atoms with Crippen molar-refractivity contribution in [2.45, 2.75) is 25.2 Å². The summed E-state index contributed by atoms with van der Waals surface area (Å²) < 4.78 is 1.78. The maximum Gasteiger partial charge on any atom is 0.176 e. The zero-order valence-corrected chi connectivity index (χ0v) is 19.6. The fourth-order valence-electron chi connectivity index (χ4n) is 5.96. The molecular formula is C29H22N6O. The summed E-state index contributed by atoms with van der Waals surface area (Å²) in [6, 6.07) is 21.6. The zero-order chi connectivity index (χ0) is 24.9. The van der Waals surface area contributed by atoms with Gasteiger partial charge in [-0.25, -0.2) is 4.68 Å². The lowest BCUT2D eigenvalue weighted by molar-refractivity contribution is -0.121. The molecule has 0 saturated carbocycles. The number of aromatic nitrogens is 4. The van der Waals surface area contributed by atoms with Crippen molar-refractivity contribution in [3.05, 3.63) is 101 Å². The largest absolute Gasteiger partial charge is 0.293 e. The second kappa shape index (κ2) is 8.18.